The van der Waals surface area contributed by atoms with E-state index in [9.17, 15) is 9.18 Å². The minimum absolute atomic E-state index is 0.0922. The molecule has 18 heavy (non-hydrogen) atoms. The van der Waals surface area contributed by atoms with Gasteiger partial charge in [-0.05, 0) is 30.3 Å². The Morgan fingerprint density at radius 2 is 2.00 bits per heavy atom. The number of pyridine rings is 1. The number of carbonyl (C=O) groups is 1. The van der Waals surface area contributed by atoms with Gasteiger partial charge in [0.2, 0.25) is 0 Å². The summed E-state index contributed by atoms with van der Waals surface area (Å²) in [6, 6.07) is 9.02. The van der Waals surface area contributed by atoms with E-state index in [1.54, 1.807) is 0 Å². The van der Waals surface area contributed by atoms with Crippen molar-refractivity contribution in [3.63, 3.8) is 0 Å². The molecule has 0 radical (unpaired) electrons. The molecule has 0 N–H and O–H groups in total. The molecule has 0 spiro atoms. The van der Waals surface area contributed by atoms with Gasteiger partial charge in [0.05, 0.1) is 17.5 Å². The van der Waals surface area contributed by atoms with Crippen LogP contribution in [0.1, 0.15) is 10.4 Å². The average molecular weight is 326 g/mol. The Labute approximate surface area is 117 Å². The number of carbonyl (C=O) groups excluding carboxylic acids is 1. The zero-order valence-electron chi connectivity index (χ0n) is 9.27. The zero-order chi connectivity index (χ0) is 13.0. The van der Waals surface area contributed by atoms with Crippen LogP contribution in [0.15, 0.2) is 52.1 Å². The summed E-state index contributed by atoms with van der Waals surface area (Å²) in [5.41, 5.74) is 0.0922. The number of benzene rings is 1. The molecule has 0 atom stereocenters. The minimum Gasteiger partial charge on any atom is -0.293 e. The van der Waals surface area contributed by atoms with E-state index >= 15 is 0 Å². The quantitative estimate of drug-likeness (QED) is 0.629. The van der Waals surface area contributed by atoms with E-state index in [-0.39, 0.29) is 17.1 Å². The first-order valence-corrected chi connectivity index (χ1v) is 6.96. The maximum absolute atomic E-state index is 13.3. The molecule has 92 valence electrons. The van der Waals surface area contributed by atoms with Crippen LogP contribution < -0.4 is 0 Å². The number of hydrogen-bond donors (Lipinski definition) is 0. The summed E-state index contributed by atoms with van der Waals surface area (Å²) in [7, 11) is 0. The van der Waals surface area contributed by atoms with Crippen molar-refractivity contribution in [3.8, 4) is 0 Å². The fourth-order valence-corrected chi connectivity index (χ4v) is 2.40. The van der Waals surface area contributed by atoms with Gasteiger partial charge in [0, 0.05) is 15.6 Å². The maximum atomic E-state index is 13.3. The number of nitrogens with zero attached hydrogens (tertiary/aromatic N) is 1. The van der Waals surface area contributed by atoms with Crippen molar-refractivity contribution in [2.75, 3.05) is 5.75 Å². The summed E-state index contributed by atoms with van der Waals surface area (Å²) in [5, 5.41) is 0. The van der Waals surface area contributed by atoms with Crippen LogP contribution in [0, 0.1) is 5.82 Å². The van der Waals surface area contributed by atoms with Crippen LogP contribution in [-0.2, 0) is 0 Å². The highest BCUT2D eigenvalue weighted by molar-refractivity contribution is 9.10. The van der Waals surface area contributed by atoms with Crippen molar-refractivity contribution in [1.82, 2.24) is 4.98 Å². The third-order valence-electron chi connectivity index (χ3n) is 2.26. The molecular weight excluding hydrogens is 317 g/mol. The van der Waals surface area contributed by atoms with Gasteiger partial charge in [-0.1, -0.05) is 15.9 Å². The topological polar surface area (TPSA) is 30.0 Å². The van der Waals surface area contributed by atoms with Gasteiger partial charge < -0.3 is 0 Å². The summed E-state index contributed by atoms with van der Waals surface area (Å²) in [4.78, 5) is 16.4. The lowest BCUT2D eigenvalue weighted by Gasteiger charge is -2.02. The first-order valence-electron chi connectivity index (χ1n) is 5.18. The molecule has 0 aliphatic rings. The highest BCUT2D eigenvalue weighted by Crippen LogP contribution is 2.21. The fraction of sp³-hybridized carbons (Fsp3) is 0.0769. The number of halogens is 2. The van der Waals surface area contributed by atoms with E-state index in [0.717, 1.165) is 15.6 Å². The standard InChI is InChI=1S/C13H9BrFNOS/c14-9-1-3-10(4-2-9)18-8-13(17)11-5-6-16-7-12(11)15/h1-7H,8H2. The predicted octanol–water partition coefficient (Wildman–Crippen LogP) is 3.96. The molecule has 0 saturated heterocycles. The number of aromatic nitrogens is 1. The van der Waals surface area contributed by atoms with E-state index in [2.05, 4.69) is 20.9 Å². The van der Waals surface area contributed by atoms with E-state index < -0.39 is 5.82 Å². The Hall–Kier alpha value is -1.20. The maximum Gasteiger partial charge on any atom is 0.176 e. The number of Topliss-reactive ketones (excluding diaryl/α,β-unsaturated/α-hetero) is 1. The summed E-state index contributed by atoms with van der Waals surface area (Å²) >= 11 is 4.72. The highest BCUT2D eigenvalue weighted by Gasteiger charge is 2.11. The van der Waals surface area contributed by atoms with Crippen LogP contribution in [-0.4, -0.2) is 16.5 Å². The molecule has 2 aromatic rings. The van der Waals surface area contributed by atoms with Gasteiger partial charge in [-0.3, -0.25) is 9.78 Å². The van der Waals surface area contributed by atoms with Gasteiger partial charge in [-0.2, -0.15) is 0 Å². The van der Waals surface area contributed by atoms with Gasteiger partial charge in [-0.15, -0.1) is 11.8 Å². The van der Waals surface area contributed by atoms with Crippen molar-refractivity contribution < 1.29 is 9.18 Å². The van der Waals surface area contributed by atoms with E-state index in [1.165, 1.54) is 24.0 Å². The van der Waals surface area contributed by atoms with Crippen LogP contribution in [0.5, 0.6) is 0 Å². The summed E-state index contributed by atoms with van der Waals surface area (Å²) in [6.45, 7) is 0. The van der Waals surface area contributed by atoms with Crippen LogP contribution in [0.3, 0.4) is 0 Å². The van der Waals surface area contributed by atoms with Crippen LogP contribution in [0.4, 0.5) is 4.39 Å². The number of hydrogen-bond acceptors (Lipinski definition) is 3. The van der Waals surface area contributed by atoms with E-state index in [0.29, 0.717) is 0 Å². The summed E-state index contributed by atoms with van der Waals surface area (Å²) in [6.07, 6.45) is 2.47. The van der Waals surface area contributed by atoms with Crippen molar-refractivity contribution in [2.45, 2.75) is 4.90 Å². The van der Waals surface area contributed by atoms with E-state index in [1.807, 2.05) is 24.3 Å². The van der Waals surface area contributed by atoms with Gasteiger partial charge in [0.1, 0.15) is 0 Å². The lowest BCUT2D eigenvalue weighted by molar-refractivity contribution is 0.101. The second-order valence-electron chi connectivity index (χ2n) is 3.52. The number of ketones is 1. The second kappa shape index (κ2) is 6.11. The van der Waals surface area contributed by atoms with Gasteiger partial charge >= 0.3 is 0 Å². The summed E-state index contributed by atoms with van der Waals surface area (Å²) in [5.74, 6) is -0.593. The van der Waals surface area contributed by atoms with Crippen molar-refractivity contribution in [2.24, 2.45) is 0 Å². The Balaban J connectivity index is 2.01. The first kappa shape index (κ1) is 13.2. The molecule has 0 amide bonds. The van der Waals surface area contributed by atoms with Crippen LogP contribution in [0.25, 0.3) is 0 Å². The monoisotopic (exact) mass is 325 g/mol. The van der Waals surface area contributed by atoms with Crippen molar-refractivity contribution in [1.29, 1.82) is 0 Å². The largest absolute Gasteiger partial charge is 0.293 e. The SMILES string of the molecule is O=C(CSc1ccc(Br)cc1)c1ccncc1F. The smallest absolute Gasteiger partial charge is 0.176 e. The lowest BCUT2D eigenvalue weighted by Crippen LogP contribution is -2.05. The van der Waals surface area contributed by atoms with Crippen molar-refractivity contribution >= 4 is 33.5 Å². The minimum atomic E-state index is -0.570. The fourth-order valence-electron chi connectivity index (χ4n) is 1.36. The number of rotatable bonds is 4. The molecule has 2 nitrogen and oxygen atoms in total. The van der Waals surface area contributed by atoms with Gasteiger partial charge in [0.25, 0.3) is 0 Å². The predicted molar refractivity (Wildman–Crippen MR) is 73.4 cm³/mol. The number of thioether (sulfide) groups is 1. The Kier molecular flexibility index (Phi) is 4.49. The average Bonchev–Trinajstić information content (AvgIpc) is 2.38. The Morgan fingerprint density at radius 3 is 2.67 bits per heavy atom. The molecule has 1 aromatic heterocycles. The molecule has 2 rings (SSSR count). The first-order chi connectivity index (χ1) is 8.66. The Bertz CT molecular complexity index is 559. The molecule has 0 bridgehead atoms. The molecule has 0 aliphatic carbocycles. The molecule has 5 heteroatoms. The Morgan fingerprint density at radius 1 is 1.28 bits per heavy atom. The zero-order valence-corrected chi connectivity index (χ0v) is 11.7. The van der Waals surface area contributed by atoms with Crippen LogP contribution >= 0.6 is 27.7 Å². The molecule has 0 unspecified atom stereocenters. The van der Waals surface area contributed by atoms with E-state index in [4.69, 9.17) is 0 Å². The van der Waals surface area contributed by atoms with Gasteiger partial charge in [0.15, 0.2) is 11.6 Å². The highest BCUT2D eigenvalue weighted by atomic mass is 79.9. The van der Waals surface area contributed by atoms with Crippen molar-refractivity contribution in [3.05, 3.63) is 58.6 Å². The summed E-state index contributed by atoms with van der Waals surface area (Å²) < 4.78 is 14.3. The lowest BCUT2D eigenvalue weighted by atomic mass is 10.2. The molecule has 1 aromatic carbocycles. The molecule has 1 heterocycles. The molecular formula is C13H9BrFNOS. The third-order valence-corrected chi connectivity index (χ3v) is 3.80. The molecule has 0 fully saturated rings. The third kappa shape index (κ3) is 3.40. The second-order valence-corrected chi connectivity index (χ2v) is 5.49. The molecule has 0 aliphatic heterocycles. The van der Waals surface area contributed by atoms with Crippen LogP contribution in [0.2, 0.25) is 0 Å². The van der Waals surface area contributed by atoms with Gasteiger partial charge in [-0.25, -0.2) is 4.39 Å². The normalized spacial score (nSPS) is 10.3. The molecule has 0 saturated carbocycles.